The van der Waals surface area contributed by atoms with Crippen molar-refractivity contribution >= 4 is 29.9 Å². The third kappa shape index (κ3) is 6.15. The van der Waals surface area contributed by atoms with Gasteiger partial charge < -0.3 is 15.7 Å². The first-order valence-electron chi connectivity index (χ1n) is 7.09. The smallest absolute Gasteiger partial charge is 0.191 e. The highest BCUT2D eigenvalue weighted by atomic mass is 127. The Bertz CT molecular complexity index is 635. The molecule has 0 fully saturated rings. The fourth-order valence-corrected chi connectivity index (χ4v) is 2.05. The Kier molecular flexibility index (Phi) is 8.57. The van der Waals surface area contributed by atoms with Gasteiger partial charge in [0, 0.05) is 25.7 Å². The molecule has 0 saturated heterocycles. The van der Waals surface area contributed by atoms with E-state index in [9.17, 15) is 4.39 Å². The number of aliphatic hydroxyl groups is 1. The molecule has 124 valence electrons. The van der Waals surface area contributed by atoms with Crippen LogP contribution in [0.3, 0.4) is 0 Å². The van der Waals surface area contributed by atoms with E-state index >= 15 is 0 Å². The number of benzene rings is 2. The van der Waals surface area contributed by atoms with Crippen LogP contribution in [0.4, 0.5) is 4.39 Å². The third-order valence-electron chi connectivity index (χ3n) is 3.27. The molecule has 2 aromatic rings. The van der Waals surface area contributed by atoms with Crippen LogP contribution in [0.25, 0.3) is 0 Å². The van der Waals surface area contributed by atoms with Gasteiger partial charge in [0.05, 0.1) is 6.61 Å². The first kappa shape index (κ1) is 19.4. The molecule has 0 saturated carbocycles. The predicted octanol–water partition coefficient (Wildman–Crippen LogP) is 2.80. The maximum Gasteiger partial charge on any atom is 0.191 e. The monoisotopic (exact) mass is 429 g/mol. The van der Waals surface area contributed by atoms with Gasteiger partial charge in [0.1, 0.15) is 5.82 Å². The molecule has 0 aromatic heterocycles. The Morgan fingerprint density at radius 3 is 2.30 bits per heavy atom. The lowest BCUT2D eigenvalue weighted by atomic mass is 10.1. The number of guanidine groups is 1. The first-order valence-corrected chi connectivity index (χ1v) is 7.09. The molecule has 23 heavy (non-hydrogen) atoms. The van der Waals surface area contributed by atoms with Crippen LogP contribution in [0.2, 0.25) is 0 Å². The topological polar surface area (TPSA) is 56.7 Å². The van der Waals surface area contributed by atoms with Crippen molar-refractivity contribution in [3.05, 3.63) is 71.0 Å². The summed E-state index contributed by atoms with van der Waals surface area (Å²) in [4.78, 5) is 4.15. The molecule has 0 aliphatic carbocycles. The number of aliphatic hydroxyl groups excluding tert-OH is 1. The summed E-state index contributed by atoms with van der Waals surface area (Å²) in [5.41, 5.74) is 2.34. The van der Waals surface area contributed by atoms with E-state index in [1.54, 1.807) is 19.2 Å². The van der Waals surface area contributed by atoms with Crippen LogP contribution < -0.4 is 10.6 Å². The molecule has 0 radical (unpaired) electrons. The summed E-state index contributed by atoms with van der Waals surface area (Å²) in [5, 5.41) is 15.5. The van der Waals surface area contributed by atoms with Crippen molar-refractivity contribution < 1.29 is 9.50 Å². The van der Waals surface area contributed by atoms with E-state index in [1.165, 1.54) is 6.07 Å². The number of halogens is 2. The molecular weight excluding hydrogens is 408 g/mol. The summed E-state index contributed by atoms with van der Waals surface area (Å²) in [7, 11) is 1.70. The van der Waals surface area contributed by atoms with Gasteiger partial charge in [-0.3, -0.25) is 4.99 Å². The number of rotatable bonds is 5. The van der Waals surface area contributed by atoms with Crippen molar-refractivity contribution in [2.24, 2.45) is 4.99 Å². The van der Waals surface area contributed by atoms with Crippen LogP contribution in [0.5, 0.6) is 0 Å². The summed E-state index contributed by atoms with van der Waals surface area (Å²) >= 11 is 0. The Labute approximate surface area is 152 Å². The van der Waals surface area contributed by atoms with E-state index in [2.05, 4.69) is 15.6 Å². The van der Waals surface area contributed by atoms with E-state index in [0.717, 1.165) is 11.1 Å². The van der Waals surface area contributed by atoms with Crippen molar-refractivity contribution in [3.63, 3.8) is 0 Å². The summed E-state index contributed by atoms with van der Waals surface area (Å²) in [6.45, 7) is 0.869. The van der Waals surface area contributed by atoms with Gasteiger partial charge >= 0.3 is 0 Å². The minimum atomic E-state index is -0.391. The summed E-state index contributed by atoms with van der Waals surface area (Å²) in [5.74, 6) is 0.275. The van der Waals surface area contributed by atoms with Gasteiger partial charge in [-0.15, -0.1) is 24.0 Å². The lowest BCUT2D eigenvalue weighted by Gasteiger charge is -2.12. The molecule has 0 aliphatic heterocycles. The molecule has 3 N–H and O–H groups in total. The van der Waals surface area contributed by atoms with Crippen molar-refractivity contribution in [2.45, 2.75) is 19.7 Å². The number of nitrogens with zero attached hydrogens (tertiary/aromatic N) is 1. The van der Waals surface area contributed by atoms with Crippen LogP contribution in [0, 0.1) is 5.82 Å². The molecule has 0 aliphatic rings. The number of hydrogen-bond donors (Lipinski definition) is 3. The van der Waals surface area contributed by atoms with Crippen LogP contribution >= 0.6 is 24.0 Å². The van der Waals surface area contributed by atoms with Gasteiger partial charge in [-0.05, 0) is 23.3 Å². The largest absolute Gasteiger partial charge is 0.392 e. The molecule has 4 nitrogen and oxygen atoms in total. The van der Waals surface area contributed by atoms with Gasteiger partial charge in [-0.25, -0.2) is 4.39 Å². The van der Waals surface area contributed by atoms with E-state index in [4.69, 9.17) is 5.11 Å². The molecule has 0 bridgehead atoms. The van der Waals surface area contributed by atoms with Gasteiger partial charge in [0.2, 0.25) is 0 Å². The molecule has 0 amide bonds. The maximum atomic E-state index is 13.3. The van der Waals surface area contributed by atoms with E-state index in [1.807, 2.05) is 30.3 Å². The molecule has 2 aromatic carbocycles. The standard InChI is InChI=1S/C17H20FN3O.HI/c1-19-17(20-10-13-5-3-2-4-6-13)21-11-14-7-8-16(18)15(9-14)12-22;/h2-9,22H,10-12H2,1H3,(H2,19,20,21);1H. The van der Waals surface area contributed by atoms with Crippen LogP contribution in [0.15, 0.2) is 53.5 Å². The third-order valence-corrected chi connectivity index (χ3v) is 3.27. The molecular formula is C17H21FIN3O. The lowest BCUT2D eigenvalue weighted by molar-refractivity contribution is 0.275. The van der Waals surface area contributed by atoms with Gasteiger partial charge in [-0.1, -0.05) is 36.4 Å². The second-order valence-electron chi connectivity index (χ2n) is 4.85. The summed E-state index contributed by atoms with van der Waals surface area (Å²) < 4.78 is 13.3. The minimum absolute atomic E-state index is 0. The number of nitrogens with one attached hydrogen (secondary N) is 2. The number of hydrogen-bond acceptors (Lipinski definition) is 2. The zero-order valence-corrected chi connectivity index (χ0v) is 15.3. The Morgan fingerprint density at radius 1 is 1.04 bits per heavy atom. The zero-order chi connectivity index (χ0) is 15.8. The van der Waals surface area contributed by atoms with Gasteiger partial charge in [-0.2, -0.15) is 0 Å². The van der Waals surface area contributed by atoms with E-state index in [-0.39, 0.29) is 30.6 Å². The average Bonchev–Trinajstić information content (AvgIpc) is 2.57. The quantitative estimate of drug-likeness (QED) is 0.389. The lowest BCUT2D eigenvalue weighted by Crippen LogP contribution is -2.36. The highest BCUT2D eigenvalue weighted by Gasteiger charge is 2.03. The van der Waals surface area contributed by atoms with Crippen molar-refractivity contribution in [1.29, 1.82) is 0 Å². The predicted molar refractivity (Wildman–Crippen MR) is 101 cm³/mol. The van der Waals surface area contributed by atoms with Crippen molar-refractivity contribution in [1.82, 2.24) is 10.6 Å². The first-order chi connectivity index (χ1) is 10.7. The fourth-order valence-electron chi connectivity index (χ4n) is 2.05. The molecule has 0 atom stereocenters. The Morgan fingerprint density at radius 2 is 1.70 bits per heavy atom. The van der Waals surface area contributed by atoms with Crippen molar-refractivity contribution in [2.75, 3.05) is 7.05 Å². The Hall–Kier alpha value is -1.67. The van der Waals surface area contributed by atoms with Crippen LogP contribution in [-0.4, -0.2) is 18.1 Å². The average molecular weight is 429 g/mol. The van der Waals surface area contributed by atoms with Crippen molar-refractivity contribution in [3.8, 4) is 0 Å². The summed E-state index contributed by atoms with van der Waals surface area (Å²) in [6.07, 6.45) is 0. The highest BCUT2D eigenvalue weighted by molar-refractivity contribution is 14.0. The number of aliphatic imine (C=N–C) groups is 1. The second kappa shape index (κ2) is 10.2. The van der Waals surface area contributed by atoms with E-state index in [0.29, 0.717) is 24.6 Å². The summed E-state index contributed by atoms with van der Waals surface area (Å²) in [6, 6.07) is 14.7. The van der Waals surface area contributed by atoms with E-state index < -0.39 is 5.82 Å². The molecule has 0 unspecified atom stereocenters. The van der Waals surface area contributed by atoms with Gasteiger partial charge in [0.15, 0.2) is 5.96 Å². The fraction of sp³-hybridized carbons (Fsp3) is 0.235. The SMILES string of the molecule is CN=C(NCc1ccccc1)NCc1ccc(F)c(CO)c1.I. The highest BCUT2D eigenvalue weighted by Crippen LogP contribution is 2.10. The van der Waals surface area contributed by atoms with Gasteiger partial charge in [0.25, 0.3) is 0 Å². The maximum absolute atomic E-state index is 13.3. The minimum Gasteiger partial charge on any atom is -0.392 e. The second-order valence-corrected chi connectivity index (χ2v) is 4.85. The molecule has 0 spiro atoms. The molecule has 0 heterocycles. The normalized spacial score (nSPS) is 10.8. The van der Waals surface area contributed by atoms with Crippen LogP contribution in [-0.2, 0) is 19.7 Å². The molecule has 6 heteroatoms. The zero-order valence-electron chi connectivity index (χ0n) is 12.9. The Balaban J connectivity index is 0.00000264. The molecule has 2 rings (SSSR count). The van der Waals surface area contributed by atoms with Crippen LogP contribution in [0.1, 0.15) is 16.7 Å².